The Kier molecular flexibility index (Phi) is 4.41. The Balaban J connectivity index is 2.89. The van der Waals surface area contributed by atoms with E-state index < -0.39 is 18.0 Å². The molecule has 0 fully saturated rings. The monoisotopic (exact) mass is 234 g/mol. The van der Waals surface area contributed by atoms with Gasteiger partial charge in [0.15, 0.2) is 0 Å². The van der Waals surface area contributed by atoms with Crippen LogP contribution in [-0.4, -0.2) is 27.8 Å². The van der Waals surface area contributed by atoms with Crippen molar-refractivity contribution in [2.75, 3.05) is 6.54 Å². The number of nitrogens with zero attached hydrogens (tertiary/aromatic N) is 1. The van der Waals surface area contributed by atoms with Gasteiger partial charge in [0.1, 0.15) is 17.1 Å². The molecular weight excluding hydrogens is 223 g/mol. The first kappa shape index (κ1) is 12.3. The van der Waals surface area contributed by atoms with Crippen LogP contribution in [0.1, 0.15) is 18.1 Å². The first-order valence-electron chi connectivity index (χ1n) is 4.43. The summed E-state index contributed by atoms with van der Waals surface area (Å²) in [5, 5.41) is 19.0. The van der Waals surface area contributed by atoms with E-state index in [4.69, 9.17) is 17.3 Å². The highest BCUT2D eigenvalue weighted by molar-refractivity contribution is 6.30. The Morgan fingerprint density at radius 1 is 1.53 bits per heavy atom. The maximum atomic E-state index is 12.8. The van der Waals surface area contributed by atoms with Crippen LogP contribution in [0.5, 0.6) is 0 Å². The van der Waals surface area contributed by atoms with Crippen LogP contribution in [0.3, 0.4) is 0 Å². The second-order valence-electron chi connectivity index (χ2n) is 3.12. The van der Waals surface area contributed by atoms with Gasteiger partial charge in [0.2, 0.25) is 0 Å². The fraction of sp³-hybridized carbons (Fsp3) is 0.444. The van der Waals surface area contributed by atoms with Crippen molar-refractivity contribution in [3.63, 3.8) is 0 Å². The summed E-state index contributed by atoms with van der Waals surface area (Å²) >= 11 is 5.66. The SMILES string of the molecule is NCCC(O)C(O)c1cc(F)cnc1Cl. The topological polar surface area (TPSA) is 79.4 Å². The summed E-state index contributed by atoms with van der Waals surface area (Å²) in [5.41, 5.74) is 5.29. The molecule has 0 bridgehead atoms. The number of hydrogen-bond acceptors (Lipinski definition) is 4. The molecule has 0 aromatic carbocycles. The molecule has 84 valence electrons. The molecule has 0 radical (unpaired) electrons. The maximum Gasteiger partial charge on any atom is 0.141 e. The highest BCUT2D eigenvalue weighted by Gasteiger charge is 2.21. The van der Waals surface area contributed by atoms with Gasteiger partial charge in [-0.3, -0.25) is 0 Å². The lowest BCUT2D eigenvalue weighted by Crippen LogP contribution is -2.22. The molecule has 1 aromatic heterocycles. The smallest absolute Gasteiger partial charge is 0.141 e. The molecule has 0 amide bonds. The predicted octanol–water partition coefficient (Wildman–Crippen LogP) is 0.617. The van der Waals surface area contributed by atoms with E-state index >= 15 is 0 Å². The zero-order chi connectivity index (χ0) is 11.4. The van der Waals surface area contributed by atoms with Gasteiger partial charge in [0.05, 0.1) is 12.3 Å². The molecule has 1 heterocycles. The molecule has 4 nitrogen and oxygen atoms in total. The number of aromatic nitrogens is 1. The standard InChI is InChI=1S/C9H12ClFN2O2/c10-9-6(3-5(11)4-13-9)8(15)7(14)1-2-12/h3-4,7-8,14-15H,1-2,12H2. The predicted molar refractivity (Wildman–Crippen MR) is 53.8 cm³/mol. The zero-order valence-corrected chi connectivity index (χ0v) is 8.65. The Bertz CT molecular complexity index is 338. The third kappa shape index (κ3) is 3.10. The van der Waals surface area contributed by atoms with Gasteiger partial charge in [-0.05, 0) is 19.0 Å². The number of pyridine rings is 1. The van der Waals surface area contributed by atoms with E-state index in [0.29, 0.717) is 0 Å². The summed E-state index contributed by atoms with van der Waals surface area (Å²) in [4.78, 5) is 3.53. The summed E-state index contributed by atoms with van der Waals surface area (Å²) < 4.78 is 12.8. The molecule has 4 N–H and O–H groups in total. The van der Waals surface area contributed by atoms with Gasteiger partial charge >= 0.3 is 0 Å². The molecule has 0 aliphatic carbocycles. The summed E-state index contributed by atoms with van der Waals surface area (Å²) in [5.74, 6) is -0.617. The minimum Gasteiger partial charge on any atom is -0.390 e. The van der Waals surface area contributed by atoms with Crippen molar-refractivity contribution < 1.29 is 14.6 Å². The van der Waals surface area contributed by atoms with Gasteiger partial charge in [0.25, 0.3) is 0 Å². The van der Waals surface area contributed by atoms with Crippen molar-refractivity contribution in [1.82, 2.24) is 4.98 Å². The number of hydrogen-bond donors (Lipinski definition) is 3. The van der Waals surface area contributed by atoms with E-state index in [2.05, 4.69) is 4.98 Å². The third-order valence-electron chi connectivity index (χ3n) is 1.98. The third-order valence-corrected chi connectivity index (χ3v) is 2.29. The van der Waals surface area contributed by atoms with E-state index in [1.807, 2.05) is 0 Å². The maximum absolute atomic E-state index is 12.8. The van der Waals surface area contributed by atoms with Gasteiger partial charge in [-0.15, -0.1) is 0 Å². The second kappa shape index (κ2) is 5.37. The molecule has 0 saturated heterocycles. The molecule has 1 aromatic rings. The van der Waals surface area contributed by atoms with Crippen LogP contribution in [0.25, 0.3) is 0 Å². The minimum atomic E-state index is -1.27. The summed E-state index contributed by atoms with van der Waals surface area (Å²) in [6.07, 6.45) is -1.21. The number of aliphatic hydroxyl groups excluding tert-OH is 2. The molecular formula is C9H12ClFN2O2. The molecule has 2 unspecified atom stereocenters. The average Bonchev–Trinajstić information content (AvgIpc) is 2.21. The molecule has 0 aliphatic heterocycles. The fourth-order valence-corrected chi connectivity index (χ4v) is 1.40. The Morgan fingerprint density at radius 3 is 2.80 bits per heavy atom. The van der Waals surface area contributed by atoms with Gasteiger partial charge < -0.3 is 15.9 Å². The first-order chi connectivity index (χ1) is 7.06. The Morgan fingerprint density at radius 2 is 2.20 bits per heavy atom. The largest absolute Gasteiger partial charge is 0.390 e. The Labute approximate surface area is 91.5 Å². The lowest BCUT2D eigenvalue weighted by molar-refractivity contribution is 0.0147. The number of aliphatic hydroxyl groups is 2. The van der Waals surface area contributed by atoms with Crippen molar-refractivity contribution in [2.24, 2.45) is 5.73 Å². The van der Waals surface area contributed by atoms with Gasteiger partial charge in [0, 0.05) is 5.56 Å². The van der Waals surface area contributed by atoms with E-state index in [1.54, 1.807) is 0 Å². The van der Waals surface area contributed by atoms with Crippen LogP contribution in [0.4, 0.5) is 4.39 Å². The number of halogens is 2. The van der Waals surface area contributed by atoms with Gasteiger partial charge in [-0.1, -0.05) is 11.6 Å². The highest BCUT2D eigenvalue weighted by Crippen LogP contribution is 2.25. The average molecular weight is 235 g/mol. The lowest BCUT2D eigenvalue weighted by atomic mass is 10.0. The van der Waals surface area contributed by atoms with Crippen LogP contribution in [-0.2, 0) is 0 Å². The van der Waals surface area contributed by atoms with Crippen LogP contribution in [0.2, 0.25) is 5.15 Å². The van der Waals surface area contributed by atoms with Crippen molar-refractivity contribution in [3.8, 4) is 0 Å². The zero-order valence-electron chi connectivity index (χ0n) is 7.90. The first-order valence-corrected chi connectivity index (χ1v) is 4.81. The summed E-state index contributed by atoms with van der Waals surface area (Å²) in [6.45, 7) is 0.221. The van der Waals surface area contributed by atoms with Crippen molar-refractivity contribution in [1.29, 1.82) is 0 Å². The van der Waals surface area contributed by atoms with Crippen LogP contribution in [0, 0.1) is 5.82 Å². The van der Waals surface area contributed by atoms with Crippen LogP contribution in [0.15, 0.2) is 12.3 Å². The number of nitrogens with two attached hydrogens (primary N) is 1. The molecule has 0 aliphatic rings. The fourth-order valence-electron chi connectivity index (χ4n) is 1.18. The van der Waals surface area contributed by atoms with Gasteiger partial charge in [-0.2, -0.15) is 0 Å². The lowest BCUT2D eigenvalue weighted by Gasteiger charge is -2.17. The van der Waals surface area contributed by atoms with Crippen molar-refractivity contribution in [2.45, 2.75) is 18.6 Å². The van der Waals surface area contributed by atoms with E-state index in [0.717, 1.165) is 12.3 Å². The molecule has 0 saturated carbocycles. The van der Waals surface area contributed by atoms with E-state index in [-0.39, 0.29) is 23.7 Å². The summed E-state index contributed by atoms with van der Waals surface area (Å²) in [6, 6.07) is 1.04. The van der Waals surface area contributed by atoms with Crippen molar-refractivity contribution >= 4 is 11.6 Å². The second-order valence-corrected chi connectivity index (χ2v) is 3.48. The molecule has 1 rings (SSSR count). The van der Waals surface area contributed by atoms with Crippen molar-refractivity contribution in [3.05, 3.63) is 28.8 Å². The Hall–Kier alpha value is -0.750. The quantitative estimate of drug-likeness (QED) is 0.668. The normalized spacial score (nSPS) is 15.0. The molecule has 2 atom stereocenters. The minimum absolute atomic E-state index is 0.0278. The number of rotatable bonds is 4. The molecule has 6 heteroatoms. The van der Waals surface area contributed by atoms with E-state index in [9.17, 15) is 14.6 Å². The highest BCUT2D eigenvalue weighted by atomic mass is 35.5. The molecule has 0 spiro atoms. The summed E-state index contributed by atoms with van der Waals surface area (Å²) in [7, 11) is 0. The van der Waals surface area contributed by atoms with Gasteiger partial charge in [-0.25, -0.2) is 9.37 Å². The van der Waals surface area contributed by atoms with E-state index in [1.165, 1.54) is 0 Å². The molecule has 15 heavy (non-hydrogen) atoms. The van der Waals surface area contributed by atoms with Crippen LogP contribution >= 0.6 is 11.6 Å². The van der Waals surface area contributed by atoms with Crippen LogP contribution < -0.4 is 5.73 Å².